The van der Waals surface area contributed by atoms with Crippen molar-refractivity contribution in [3.05, 3.63) is 59.7 Å². The second-order valence-corrected chi connectivity index (χ2v) is 9.22. The molecule has 9 heteroatoms. The third-order valence-electron chi connectivity index (χ3n) is 4.46. The lowest BCUT2D eigenvalue weighted by Gasteiger charge is -2.36. The Labute approximate surface area is 181 Å². The van der Waals surface area contributed by atoms with Crippen LogP contribution in [0.4, 0.5) is 0 Å². The SMILES string of the molecule is COC(=O)Cc1cc(C(OC)(OC)C(C)OS(C)(=O)=O)ccc1Sc1ccccc1. The number of ether oxygens (including phenoxy) is 3. The maximum absolute atomic E-state index is 12.0. The van der Waals surface area contributed by atoms with Crippen LogP contribution in [0.1, 0.15) is 18.1 Å². The van der Waals surface area contributed by atoms with Crippen molar-refractivity contribution in [3.63, 3.8) is 0 Å². The van der Waals surface area contributed by atoms with Crippen LogP contribution in [0.15, 0.2) is 58.3 Å². The van der Waals surface area contributed by atoms with Gasteiger partial charge in [0.05, 0.1) is 19.8 Å². The summed E-state index contributed by atoms with van der Waals surface area (Å²) in [6.07, 6.45) is 0.00716. The summed E-state index contributed by atoms with van der Waals surface area (Å²) in [5, 5.41) is 0. The predicted octanol–water partition coefficient (Wildman–Crippen LogP) is 3.36. The molecule has 0 amide bonds. The first-order chi connectivity index (χ1) is 14.1. The molecule has 0 bridgehead atoms. The molecule has 2 aromatic rings. The highest BCUT2D eigenvalue weighted by Crippen LogP contribution is 2.37. The van der Waals surface area contributed by atoms with E-state index in [2.05, 4.69) is 0 Å². The van der Waals surface area contributed by atoms with E-state index in [9.17, 15) is 13.2 Å². The summed E-state index contributed by atoms with van der Waals surface area (Å²) < 4.78 is 44.5. The number of methoxy groups -OCH3 is 3. The van der Waals surface area contributed by atoms with E-state index in [0.29, 0.717) is 11.1 Å². The van der Waals surface area contributed by atoms with Crippen molar-refractivity contribution in [3.8, 4) is 0 Å². The number of hydrogen-bond donors (Lipinski definition) is 0. The monoisotopic (exact) mass is 454 g/mol. The summed E-state index contributed by atoms with van der Waals surface area (Å²) in [7, 11) is 0.373. The summed E-state index contributed by atoms with van der Waals surface area (Å²) in [5.74, 6) is -1.90. The first-order valence-corrected chi connectivity index (χ1v) is 11.7. The molecule has 30 heavy (non-hydrogen) atoms. The molecule has 0 aliphatic heterocycles. The van der Waals surface area contributed by atoms with Gasteiger partial charge in [-0.1, -0.05) is 36.0 Å². The highest BCUT2D eigenvalue weighted by atomic mass is 32.2. The zero-order chi connectivity index (χ0) is 22.4. The molecule has 0 spiro atoms. The van der Waals surface area contributed by atoms with Crippen LogP contribution in [-0.4, -0.2) is 48.1 Å². The van der Waals surface area contributed by atoms with Crippen molar-refractivity contribution in [2.45, 2.75) is 35.0 Å². The van der Waals surface area contributed by atoms with Gasteiger partial charge in [-0.25, -0.2) is 0 Å². The minimum absolute atomic E-state index is 0.0321. The van der Waals surface area contributed by atoms with Gasteiger partial charge in [-0.15, -0.1) is 0 Å². The van der Waals surface area contributed by atoms with Gasteiger partial charge in [-0.2, -0.15) is 8.42 Å². The first kappa shape index (κ1) is 24.4. The second-order valence-electron chi connectivity index (χ2n) is 6.51. The normalized spacial score (nSPS) is 13.1. The van der Waals surface area contributed by atoms with Gasteiger partial charge in [-0.3, -0.25) is 8.98 Å². The van der Waals surface area contributed by atoms with Crippen molar-refractivity contribution in [2.75, 3.05) is 27.6 Å². The summed E-state index contributed by atoms with van der Waals surface area (Å²) in [6, 6.07) is 15.1. The zero-order valence-electron chi connectivity index (χ0n) is 17.6. The van der Waals surface area contributed by atoms with Gasteiger partial charge in [0.15, 0.2) is 0 Å². The number of rotatable bonds is 10. The summed E-state index contributed by atoms with van der Waals surface area (Å²) >= 11 is 1.50. The van der Waals surface area contributed by atoms with Crippen LogP contribution in [0.5, 0.6) is 0 Å². The number of hydrogen-bond acceptors (Lipinski definition) is 8. The summed E-state index contributed by atoms with van der Waals surface area (Å²) in [5.41, 5.74) is 1.21. The van der Waals surface area contributed by atoms with Crippen molar-refractivity contribution >= 4 is 27.8 Å². The number of esters is 1. The molecular formula is C21H26O7S2. The van der Waals surface area contributed by atoms with Crippen LogP contribution in [0.3, 0.4) is 0 Å². The lowest BCUT2D eigenvalue weighted by Crippen LogP contribution is -2.44. The van der Waals surface area contributed by atoms with Crippen LogP contribution in [0.25, 0.3) is 0 Å². The summed E-state index contributed by atoms with van der Waals surface area (Å²) in [6.45, 7) is 1.54. The van der Waals surface area contributed by atoms with Crippen LogP contribution in [0, 0.1) is 0 Å². The smallest absolute Gasteiger partial charge is 0.310 e. The molecule has 0 N–H and O–H groups in total. The Morgan fingerprint density at radius 1 is 1.07 bits per heavy atom. The molecule has 0 saturated heterocycles. The summed E-state index contributed by atoms with van der Waals surface area (Å²) in [4.78, 5) is 13.9. The van der Waals surface area contributed by atoms with E-state index < -0.39 is 28.0 Å². The topological polar surface area (TPSA) is 88.1 Å². The Balaban J connectivity index is 2.52. The Hall–Kier alpha value is -1.91. The lowest BCUT2D eigenvalue weighted by molar-refractivity contribution is -0.257. The Kier molecular flexibility index (Phi) is 8.45. The molecule has 2 aromatic carbocycles. The Morgan fingerprint density at radius 3 is 2.23 bits per heavy atom. The second kappa shape index (κ2) is 10.4. The van der Waals surface area contributed by atoms with E-state index in [1.54, 1.807) is 19.1 Å². The predicted molar refractivity (Wildman–Crippen MR) is 114 cm³/mol. The minimum Gasteiger partial charge on any atom is -0.469 e. The maximum atomic E-state index is 12.0. The van der Waals surface area contributed by atoms with Gasteiger partial charge < -0.3 is 14.2 Å². The van der Waals surface area contributed by atoms with E-state index in [-0.39, 0.29) is 6.42 Å². The quantitative estimate of drug-likeness (QED) is 0.307. The highest BCUT2D eigenvalue weighted by Gasteiger charge is 2.42. The van der Waals surface area contributed by atoms with Crippen LogP contribution in [-0.2, 0) is 45.5 Å². The minimum atomic E-state index is -3.75. The van der Waals surface area contributed by atoms with Crippen molar-refractivity contribution in [1.29, 1.82) is 0 Å². The number of carbonyl (C=O) groups excluding carboxylic acids is 1. The lowest BCUT2D eigenvalue weighted by atomic mass is 9.97. The largest absolute Gasteiger partial charge is 0.469 e. The maximum Gasteiger partial charge on any atom is 0.310 e. The van der Waals surface area contributed by atoms with E-state index in [1.807, 2.05) is 36.4 Å². The zero-order valence-corrected chi connectivity index (χ0v) is 19.2. The average Bonchev–Trinajstić information content (AvgIpc) is 2.70. The van der Waals surface area contributed by atoms with Crippen molar-refractivity contribution in [2.24, 2.45) is 0 Å². The molecule has 1 unspecified atom stereocenters. The fourth-order valence-corrected chi connectivity index (χ4v) is 4.68. The molecule has 0 aromatic heterocycles. The third-order valence-corrected chi connectivity index (χ3v) is 6.22. The molecule has 7 nitrogen and oxygen atoms in total. The molecule has 164 valence electrons. The third kappa shape index (κ3) is 6.05. The molecule has 0 aliphatic carbocycles. The van der Waals surface area contributed by atoms with Gasteiger partial charge >= 0.3 is 5.97 Å². The fourth-order valence-electron chi connectivity index (χ4n) is 3.09. The van der Waals surface area contributed by atoms with Crippen LogP contribution in [0.2, 0.25) is 0 Å². The van der Waals surface area contributed by atoms with Crippen molar-refractivity contribution < 1.29 is 31.6 Å². The van der Waals surface area contributed by atoms with E-state index in [4.69, 9.17) is 18.4 Å². The first-order valence-electron chi connectivity index (χ1n) is 9.07. The fraction of sp³-hybridized carbons (Fsp3) is 0.381. The molecule has 2 rings (SSSR count). The van der Waals surface area contributed by atoms with Crippen molar-refractivity contribution in [1.82, 2.24) is 0 Å². The Bertz CT molecular complexity index is 955. The molecule has 0 heterocycles. The highest BCUT2D eigenvalue weighted by molar-refractivity contribution is 7.99. The van der Waals surface area contributed by atoms with E-state index >= 15 is 0 Å². The number of benzene rings is 2. The Morgan fingerprint density at radius 2 is 1.70 bits per heavy atom. The molecular weight excluding hydrogens is 428 g/mol. The molecule has 1 atom stereocenters. The van der Waals surface area contributed by atoms with Crippen LogP contribution >= 0.6 is 11.8 Å². The van der Waals surface area contributed by atoms with Gasteiger partial charge in [-0.05, 0) is 36.8 Å². The number of carbonyl (C=O) groups is 1. The molecule has 0 saturated carbocycles. The van der Waals surface area contributed by atoms with E-state index in [0.717, 1.165) is 16.0 Å². The molecule has 0 radical (unpaired) electrons. The average molecular weight is 455 g/mol. The van der Waals surface area contributed by atoms with Gasteiger partial charge in [0.1, 0.15) is 6.10 Å². The van der Waals surface area contributed by atoms with Gasteiger partial charge in [0.25, 0.3) is 10.1 Å². The van der Waals surface area contributed by atoms with Crippen LogP contribution < -0.4 is 0 Å². The molecule has 0 aliphatic rings. The van der Waals surface area contributed by atoms with Gasteiger partial charge in [0.2, 0.25) is 5.79 Å². The van der Waals surface area contributed by atoms with Gasteiger partial charge in [0, 0.05) is 29.6 Å². The standard InChI is InChI=1S/C21H26O7S2/c1-15(28-30(5,23)24)21(26-3,27-4)17-11-12-19(16(13-17)14-20(22)25-2)29-18-9-7-6-8-10-18/h6-13,15H,14H2,1-5H3. The molecule has 0 fully saturated rings. The van der Waals surface area contributed by atoms with E-state index in [1.165, 1.54) is 33.1 Å².